The Labute approximate surface area is 120 Å². The smallest absolute Gasteiger partial charge is 0.326 e. The maximum absolute atomic E-state index is 11.6. The second kappa shape index (κ2) is 12.6. The molecule has 1 amide bonds. The van der Waals surface area contributed by atoms with Gasteiger partial charge in [-0.1, -0.05) is 12.8 Å². The molecule has 1 atom stereocenters. The maximum atomic E-state index is 11.6. The SMILES string of the molecule is NCCCC[C@@H](NC(=O)CCCCCCC=O)C(=O)O. The van der Waals surface area contributed by atoms with Crippen molar-refractivity contribution in [1.29, 1.82) is 0 Å². The van der Waals surface area contributed by atoms with E-state index in [-0.39, 0.29) is 5.91 Å². The normalized spacial score (nSPS) is 11.8. The molecule has 116 valence electrons. The summed E-state index contributed by atoms with van der Waals surface area (Å²) in [6.07, 6.45) is 7.04. The van der Waals surface area contributed by atoms with Crippen LogP contribution in [0.2, 0.25) is 0 Å². The molecule has 4 N–H and O–H groups in total. The van der Waals surface area contributed by atoms with Crippen molar-refractivity contribution in [2.24, 2.45) is 5.73 Å². The van der Waals surface area contributed by atoms with Gasteiger partial charge in [0.2, 0.25) is 5.91 Å². The number of nitrogens with two attached hydrogens (primary N) is 1. The highest BCUT2D eigenvalue weighted by Gasteiger charge is 2.18. The Balaban J connectivity index is 3.78. The number of carboxylic acid groups (broad SMARTS) is 1. The first-order valence-electron chi connectivity index (χ1n) is 7.27. The zero-order valence-electron chi connectivity index (χ0n) is 12.0. The standard InChI is InChI=1S/C14H26N2O4/c15-10-6-5-8-12(14(19)20)16-13(18)9-4-2-1-3-7-11-17/h11-12H,1-10,15H2,(H,16,18)(H,19,20)/t12-/m1/s1. The molecule has 0 aliphatic carbocycles. The average Bonchev–Trinajstić information content (AvgIpc) is 2.41. The van der Waals surface area contributed by atoms with E-state index < -0.39 is 12.0 Å². The van der Waals surface area contributed by atoms with Crippen molar-refractivity contribution in [3.05, 3.63) is 0 Å². The third-order valence-electron chi connectivity index (χ3n) is 3.06. The van der Waals surface area contributed by atoms with Gasteiger partial charge in [0.15, 0.2) is 0 Å². The van der Waals surface area contributed by atoms with Gasteiger partial charge in [0, 0.05) is 12.8 Å². The molecule has 0 aromatic heterocycles. The molecule has 0 saturated heterocycles. The number of unbranched alkanes of at least 4 members (excludes halogenated alkanes) is 5. The van der Waals surface area contributed by atoms with Crippen LogP contribution >= 0.6 is 0 Å². The fourth-order valence-electron chi connectivity index (χ4n) is 1.88. The largest absolute Gasteiger partial charge is 0.480 e. The highest BCUT2D eigenvalue weighted by atomic mass is 16.4. The average molecular weight is 286 g/mol. The van der Waals surface area contributed by atoms with Crippen LogP contribution < -0.4 is 11.1 Å². The summed E-state index contributed by atoms with van der Waals surface area (Å²) in [7, 11) is 0. The van der Waals surface area contributed by atoms with Gasteiger partial charge in [-0.2, -0.15) is 0 Å². The van der Waals surface area contributed by atoms with E-state index in [0.717, 1.165) is 38.4 Å². The molecule has 0 fully saturated rings. The molecule has 0 aliphatic rings. The van der Waals surface area contributed by atoms with Crippen LogP contribution in [0.15, 0.2) is 0 Å². The summed E-state index contributed by atoms with van der Waals surface area (Å²) in [4.78, 5) is 32.7. The number of rotatable bonds is 13. The predicted molar refractivity (Wildman–Crippen MR) is 76.2 cm³/mol. The lowest BCUT2D eigenvalue weighted by atomic mass is 10.1. The van der Waals surface area contributed by atoms with Crippen LogP contribution in [0, 0.1) is 0 Å². The Morgan fingerprint density at radius 3 is 2.40 bits per heavy atom. The third-order valence-corrected chi connectivity index (χ3v) is 3.06. The van der Waals surface area contributed by atoms with Crippen LogP contribution in [0.4, 0.5) is 0 Å². The predicted octanol–water partition coefficient (Wildman–Crippen LogP) is 1.22. The molecule has 0 spiro atoms. The van der Waals surface area contributed by atoms with Gasteiger partial charge < -0.3 is 21.0 Å². The molecule has 0 rings (SSSR count). The van der Waals surface area contributed by atoms with Crippen LogP contribution in [0.25, 0.3) is 0 Å². The molecule has 0 aromatic rings. The Hall–Kier alpha value is -1.43. The van der Waals surface area contributed by atoms with Crippen LogP contribution in [-0.2, 0) is 14.4 Å². The molecule has 0 bridgehead atoms. The fraction of sp³-hybridized carbons (Fsp3) is 0.786. The van der Waals surface area contributed by atoms with E-state index in [0.29, 0.717) is 32.2 Å². The number of hydrogen-bond donors (Lipinski definition) is 3. The van der Waals surface area contributed by atoms with Crippen molar-refractivity contribution in [3.63, 3.8) is 0 Å². The molecule has 0 heterocycles. The number of nitrogens with one attached hydrogen (secondary N) is 1. The number of carbonyl (C=O) groups is 3. The van der Waals surface area contributed by atoms with Crippen molar-refractivity contribution >= 4 is 18.2 Å². The number of carbonyl (C=O) groups excluding carboxylic acids is 2. The fourth-order valence-corrected chi connectivity index (χ4v) is 1.88. The van der Waals surface area contributed by atoms with E-state index in [4.69, 9.17) is 10.8 Å². The number of carboxylic acids is 1. The first-order valence-corrected chi connectivity index (χ1v) is 7.27. The molecule has 0 aliphatic heterocycles. The minimum absolute atomic E-state index is 0.222. The van der Waals surface area contributed by atoms with Crippen LogP contribution in [0.3, 0.4) is 0 Å². The van der Waals surface area contributed by atoms with Gasteiger partial charge in [-0.3, -0.25) is 4.79 Å². The maximum Gasteiger partial charge on any atom is 0.326 e. The first kappa shape index (κ1) is 18.6. The second-order valence-corrected chi connectivity index (χ2v) is 4.86. The monoisotopic (exact) mass is 286 g/mol. The van der Waals surface area contributed by atoms with E-state index in [1.54, 1.807) is 0 Å². The van der Waals surface area contributed by atoms with Gasteiger partial charge in [-0.25, -0.2) is 4.79 Å². The minimum atomic E-state index is -0.999. The Morgan fingerprint density at radius 2 is 1.80 bits per heavy atom. The molecular weight excluding hydrogens is 260 g/mol. The van der Waals surface area contributed by atoms with Crippen LogP contribution in [0.5, 0.6) is 0 Å². The topological polar surface area (TPSA) is 109 Å². The number of aliphatic carboxylic acids is 1. The lowest BCUT2D eigenvalue weighted by Gasteiger charge is -2.14. The van der Waals surface area contributed by atoms with Gasteiger partial charge in [-0.15, -0.1) is 0 Å². The van der Waals surface area contributed by atoms with Crippen molar-refractivity contribution in [3.8, 4) is 0 Å². The summed E-state index contributed by atoms with van der Waals surface area (Å²) in [5.74, 6) is -1.22. The highest BCUT2D eigenvalue weighted by molar-refractivity contribution is 5.83. The zero-order valence-corrected chi connectivity index (χ0v) is 12.0. The summed E-state index contributed by atoms with van der Waals surface area (Å²) in [6.45, 7) is 0.529. The lowest BCUT2D eigenvalue weighted by molar-refractivity contribution is -0.142. The Kier molecular flexibility index (Phi) is 11.7. The van der Waals surface area contributed by atoms with Crippen molar-refractivity contribution in [2.45, 2.75) is 63.8 Å². The van der Waals surface area contributed by atoms with Crippen molar-refractivity contribution in [1.82, 2.24) is 5.32 Å². The van der Waals surface area contributed by atoms with Crippen molar-refractivity contribution < 1.29 is 19.5 Å². The van der Waals surface area contributed by atoms with Gasteiger partial charge in [0.25, 0.3) is 0 Å². The molecule has 6 heteroatoms. The third kappa shape index (κ3) is 10.5. The van der Waals surface area contributed by atoms with Gasteiger partial charge >= 0.3 is 5.97 Å². The lowest BCUT2D eigenvalue weighted by Crippen LogP contribution is -2.40. The van der Waals surface area contributed by atoms with Crippen LogP contribution in [-0.4, -0.2) is 35.9 Å². The summed E-state index contributed by atoms with van der Waals surface area (Å²) >= 11 is 0. The molecule has 0 saturated carbocycles. The molecule has 20 heavy (non-hydrogen) atoms. The van der Waals surface area contributed by atoms with Crippen LogP contribution in [0.1, 0.15) is 57.8 Å². The van der Waals surface area contributed by atoms with E-state index in [1.165, 1.54) is 0 Å². The Morgan fingerprint density at radius 1 is 1.10 bits per heavy atom. The first-order chi connectivity index (χ1) is 9.61. The van der Waals surface area contributed by atoms with E-state index >= 15 is 0 Å². The van der Waals surface area contributed by atoms with Gasteiger partial charge in [0.05, 0.1) is 0 Å². The van der Waals surface area contributed by atoms with Gasteiger partial charge in [-0.05, 0) is 38.6 Å². The van der Waals surface area contributed by atoms with E-state index in [9.17, 15) is 14.4 Å². The van der Waals surface area contributed by atoms with E-state index in [2.05, 4.69) is 5.32 Å². The summed E-state index contributed by atoms with van der Waals surface area (Å²) < 4.78 is 0. The molecule has 0 unspecified atom stereocenters. The van der Waals surface area contributed by atoms with E-state index in [1.807, 2.05) is 0 Å². The zero-order chi connectivity index (χ0) is 15.2. The number of amides is 1. The minimum Gasteiger partial charge on any atom is -0.480 e. The Bertz CT molecular complexity index is 295. The molecule has 0 radical (unpaired) electrons. The second-order valence-electron chi connectivity index (χ2n) is 4.86. The van der Waals surface area contributed by atoms with Gasteiger partial charge in [0.1, 0.15) is 12.3 Å². The quantitative estimate of drug-likeness (QED) is 0.348. The summed E-state index contributed by atoms with van der Waals surface area (Å²) in [5.41, 5.74) is 5.35. The summed E-state index contributed by atoms with van der Waals surface area (Å²) in [6, 6.07) is -0.816. The number of hydrogen-bond acceptors (Lipinski definition) is 4. The molecule has 0 aromatic carbocycles. The molecular formula is C14H26N2O4. The molecule has 6 nitrogen and oxygen atoms in total. The summed E-state index contributed by atoms with van der Waals surface area (Å²) in [5, 5.41) is 11.6. The van der Waals surface area contributed by atoms with Crippen molar-refractivity contribution in [2.75, 3.05) is 6.54 Å². The highest BCUT2D eigenvalue weighted by Crippen LogP contribution is 2.06. The number of aldehydes is 1.